The molecule has 1 atom stereocenters. The Kier molecular flexibility index (Phi) is 3.80. The van der Waals surface area contributed by atoms with Crippen molar-refractivity contribution in [2.75, 3.05) is 5.32 Å². The molecule has 1 aromatic carbocycles. The van der Waals surface area contributed by atoms with Crippen molar-refractivity contribution in [3.8, 4) is 6.07 Å². The van der Waals surface area contributed by atoms with Gasteiger partial charge in [-0.15, -0.1) is 0 Å². The van der Waals surface area contributed by atoms with Gasteiger partial charge in [0.25, 0.3) is 0 Å². The summed E-state index contributed by atoms with van der Waals surface area (Å²) in [5.74, 6) is -1.35. The zero-order chi connectivity index (χ0) is 19.3. The molecule has 1 spiro atoms. The van der Waals surface area contributed by atoms with Gasteiger partial charge in [-0.2, -0.15) is 5.26 Å². The van der Waals surface area contributed by atoms with E-state index in [0.29, 0.717) is 11.3 Å². The molecule has 3 rings (SSSR count). The van der Waals surface area contributed by atoms with Crippen molar-refractivity contribution < 1.29 is 19.1 Å². The van der Waals surface area contributed by atoms with E-state index < -0.39 is 22.9 Å². The van der Waals surface area contributed by atoms with E-state index >= 15 is 0 Å². The molecule has 7 nitrogen and oxygen atoms in total. The summed E-state index contributed by atoms with van der Waals surface area (Å²) in [6.07, 6.45) is 0. The Labute approximate surface area is 151 Å². The summed E-state index contributed by atoms with van der Waals surface area (Å²) in [4.78, 5) is 26.1. The molecule has 0 radical (unpaired) electrons. The molecule has 0 unspecified atom stereocenters. The van der Waals surface area contributed by atoms with Crippen LogP contribution in [-0.2, 0) is 24.5 Å². The summed E-state index contributed by atoms with van der Waals surface area (Å²) in [5.41, 5.74) is 4.23. The predicted octanol–water partition coefficient (Wildman–Crippen LogP) is 2.22. The number of para-hydroxylation sites is 1. The molecule has 26 heavy (non-hydrogen) atoms. The third-order valence-electron chi connectivity index (χ3n) is 4.25. The maximum absolute atomic E-state index is 13.1. The highest BCUT2D eigenvalue weighted by Crippen LogP contribution is 2.52. The maximum atomic E-state index is 13.1. The van der Waals surface area contributed by atoms with Gasteiger partial charge < -0.3 is 20.5 Å². The third-order valence-corrected chi connectivity index (χ3v) is 4.25. The third kappa shape index (κ3) is 2.34. The highest BCUT2D eigenvalue weighted by atomic mass is 16.6. The van der Waals surface area contributed by atoms with Crippen molar-refractivity contribution in [1.29, 1.82) is 5.26 Å². The second-order valence-electron chi connectivity index (χ2n) is 7.14. The summed E-state index contributed by atoms with van der Waals surface area (Å²) in [6.45, 7) is 6.68. The van der Waals surface area contributed by atoms with Crippen LogP contribution in [0, 0.1) is 11.3 Å². The molecule has 7 heteroatoms. The zero-order valence-electron chi connectivity index (χ0n) is 15.0. The van der Waals surface area contributed by atoms with Gasteiger partial charge in [0, 0.05) is 11.3 Å². The molecule has 0 aromatic heterocycles. The fourth-order valence-corrected chi connectivity index (χ4v) is 3.36. The van der Waals surface area contributed by atoms with E-state index in [1.165, 1.54) is 6.92 Å². The summed E-state index contributed by atoms with van der Waals surface area (Å²) in [7, 11) is 0. The normalized spacial score (nSPS) is 21.9. The van der Waals surface area contributed by atoms with Crippen molar-refractivity contribution in [1.82, 2.24) is 0 Å². The number of carbonyl (C=O) groups is 2. The van der Waals surface area contributed by atoms with Gasteiger partial charge >= 0.3 is 5.97 Å². The van der Waals surface area contributed by atoms with Crippen LogP contribution in [0.3, 0.4) is 0 Å². The van der Waals surface area contributed by atoms with Gasteiger partial charge in [-0.1, -0.05) is 18.2 Å². The van der Waals surface area contributed by atoms with Crippen molar-refractivity contribution >= 4 is 17.6 Å². The number of amides is 1. The van der Waals surface area contributed by atoms with E-state index in [1.807, 2.05) is 6.07 Å². The van der Waals surface area contributed by atoms with E-state index in [9.17, 15) is 14.9 Å². The lowest BCUT2D eigenvalue weighted by Crippen LogP contribution is -2.46. The molecular formula is C19H19N3O4. The lowest BCUT2D eigenvalue weighted by atomic mass is 9.68. The van der Waals surface area contributed by atoms with Crippen LogP contribution in [0.15, 0.2) is 47.1 Å². The smallest absolute Gasteiger partial charge is 0.339 e. The number of nitrogens with two attached hydrogens (primary N) is 1. The Balaban J connectivity index is 2.33. The molecule has 1 aromatic rings. The molecule has 1 amide bonds. The van der Waals surface area contributed by atoms with E-state index in [2.05, 4.69) is 5.32 Å². The van der Waals surface area contributed by atoms with Crippen molar-refractivity contribution in [3.63, 3.8) is 0 Å². The van der Waals surface area contributed by atoms with Crippen LogP contribution < -0.4 is 11.1 Å². The fraction of sp³-hybridized carbons (Fsp3) is 0.316. The molecule has 134 valence electrons. The highest BCUT2D eigenvalue weighted by Gasteiger charge is 2.60. The number of hydrogen-bond donors (Lipinski definition) is 2. The number of allylic oxidation sites excluding steroid dienone is 1. The number of anilines is 1. The Morgan fingerprint density at radius 1 is 1.35 bits per heavy atom. The topological polar surface area (TPSA) is 114 Å². The minimum atomic E-state index is -1.69. The fourth-order valence-electron chi connectivity index (χ4n) is 3.36. The van der Waals surface area contributed by atoms with Crippen LogP contribution in [0.4, 0.5) is 5.69 Å². The van der Waals surface area contributed by atoms with Crippen molar-refractivity contribution in [2.24, 2.45) is 5.73 Å². The van der Waals surface area contributed by atoms with Gasteiger partial charge in [0.05, 0.1) is 0 Å². The van der Waals surface area contributed by atoms with Gasteiger partial charge in [-0.25, -0.2) is 4.79 Å². The van der Waals surface area contributed by atoms with Gasteiger partial charge in [-0.3, -0.25) is 4.79 Å². The highest BCUT2D eigenvalue weighted by molar-refractivity contribution is 6.17. The Hall–Kier alpha value is -3.27. The SMILES string of the molecule is CC1=C(C(=O)OC(C)(C)C)[C@]2(C(=O)Nc3ccccc32)C(C#N)=C(N)O1. The van der Waals surface area contributed by atoms with Crippen LogP contribution in [0.5, 0.6) is 0 Å². The predicted molar refractivity (Wildman–Crippen MR) is 93.2 cm³/mol. The Bertz CT molecular complexity index is 931. The number of fused-ring (bicyclic) bond motifs is 2. The van der Waals surface area contributed by atoms with Gasteiger partial charge in [-0.05, 0) is 33.8 Å². The maximum Gasteiger partial charge on any atom is 0.339 e. The zero-order valence-corrected chi connectivity index (χ0v) is 15.0. The van der Waals surface area contributed by atoms with Crippen LogP contribution in [0.2, 0.25) is 0 Å². The monoisotopic (exact) mass is 353 g/mol. The number of nitriles is 1. The first-order chi connectivity index (χ1) is 12.1. The molecule has 0 saturated heterocycles. The summed E-state index contributed by atoms with van der Waals surface area (Å²) in [6, 6.07) is 8.81. The standard InChI is InChI=1S/C19H19N3O4/c1-10-14(16(23)26-18(2,3)4)19(12(9-20)15(21)25-10)11-7-5-6-8-13(11)22-17(19)24/h5-8H,21H2,1-4H3,(H,22,24)/t19-/m1/s1. The molecule has 2 aliphatic rings. The number of carbonyl (C=O) groups excluding carboxylic acids is 2. The van der Waals surface area contributed by atoms with E-state index in [-0.39, 0.29) is 22.8 Å². The molecule has 0 aliphatic carbocycles. The number of rotatable bonds is 1. The van der Waals surface area contributed by atoms with E-state index in [4.69, 9.17) is 15.2 Å². The molecular weight excluding hydrogens is 334 g/mol. The summed E-state index contributed by atoms with van der Waals surface area (Å²) < 4.78 is 10.9. The minimum absolute atomic E-state index is 0.0411. The number of hydrogen-bond acceptors (Lipinski definition) is 6. The van der Waals surface area contributed by atoms with Crippen molar-refractivity contribution in [3.05, 3.63) is 52.6 Å². The summed E-state index contributed by atoms with van der Waals surface area (Å²) in [5, 5.41) is 12.5. The van der Waals surface area contributed by atoms with Gasteiger partial charge in [0.1, 0.15) is 28.6 Å². The molecule has 0 bridgehead atoms. The minimum Gasteiger partial charge on any atom is -0.456 e. The van der Waals surface area contributed by atoms with Crippen LogP contribution >= 0.6 is 0 Å². The number of ether oxygens (including phenoxy) is 2. The first-order valence-corrected chi connectivity index (χ1v) is 8.06. The average molecular weight is 353 g/mol. The summed E-state index contributed by atoms with van der Waals surface area (Å²) >= 11 is 0. The van der Waals surface area contributed by atoms with Crippen LogP contribution in [-0.4, -0.2) is 17.5 Å². The van der Waals surface area contributed by atoms with Crippen LogP contribution in [0.25, 0.3) is 0 Å². The van der Waals surface area contributed by atoms with Crippen LogP contribution in [0.1, 0.15) is 33.3 Å². The Morgan fingerprint density at radius 2 is 2.00 bits per heavy atom. The second-order valence-corrected chi connectivity index (χ2v) is 7.14. The lowest BCUT2D eigenvalue weighted by Gasteiger charge is -2.35. The largest absolute Gasteiger partial charge is 0.456 e. The lowest BCUT2D eigenvalue weighted by molar-refractivity contribution is -0.151. The molecule has 3 N–H and O–H groups in total. The molecule has 2 heterocycles. The quantitative estimate of drug-likeness (QED) is 0.748. The van der Waals surface area contributed by atoms with E-state index in [1.54, 1.807) is 45.0 Å². The number of esters is 1. The first-order valence-electron chi connectivity index (χ1n) is 8.06. The first kappa shape index (κ1) is 17.5. The number of benzene rings is 1. The molecule has 0 saturated carbocycles. The Morgan fingerprint density at radius 3 is 2.62 bits per heavy atom. The van der Waals surface area contributed by atoms with Gasteiger partial charge in [0.2, 0.25) is 11.8 Å². The average Bonchev–Trinajstić information content (AvgIpc) is 2.79. The molecule has 0 fully saturated rings. The van der Waals surface area contributed by atoms with Crippen molar-refractivity contribution in [2.45, 2.75) is 38.7 Å². The second kappa shape index (κ2) is 5.63. The molecule has 2 aliphatic heterocycles. The number of nitrogens with zero attached hydrogens (tertiary/aromatic N) is 1. The van der Waals surface area contributed by atoms with Gasteiger partial charge in [0.15, 0.2) is 5.41 Å². The van der Waals surface area contributed by atoms with E-state index in [0.717, 1.165) is 0 Å². The number of nitrogens with one attached hydrogen (secondary N) is 1.